The minimum atomic E-state index is 0.536. The highest BCUT2D eigenvalue weighted by atomic mass is 16.5. The van der Waals surface area contributed by atoms with E-state index in [9.17, 15) is 0 Å². The Hall–Kier alpha value is -0.560. The Bertz CT molecular complexity index is 356. The fourth-order valence-electron chi connectivity index (χ4n) is 4.88. The van der Waals surface area contributed by atoms with Gasteiger partial charge in [0.25, 0.3) is 0 Å². The molecule has 2 aliphatic carbocycles. The van der Waals surface area contributed by atoms with E-state index in [1.165, 1.54) is 83.5 Å². The highest BCUT2D eigenvalue weighted by Gasteiger charge is 2.24. The Kier molecular flexibility index (Phi) is 10.6. The molecule has 0 saturated heterocycles. The highest BCUT2D eigenvalue weighted by Crippen LogP contribution is 2.37. The van der Waals surface area contributed by atoms with Crippen LogP contribution >= 0.6 is 0 Å². The van der Waals surface area contributed by atoms with Crippen LogP contribution in [-0.2, 0) is 4.74 Å². The monoisotopic (exact) mass is 346 g/mol. The molecule has 2 aliphatic rings. The van der Waals surface area contributed by atoms with Gasteiger partial charge in [-0.15, -0.1) is 6.58 Å². The van der Waals surface area contributed by atoms with Crippen molar-refractivity contribution in [2.45, 2.75) is 103 Å². The maximum Gasteiger partial charge on any atom is 0.0575 e. The summed E-state index contributed by atoms with van der Waals surface area (Å²) in [6, 6.07) is 0. The second-order valence-corrected chi connectivity index (χ2v) is 8.55. The van der Waals surface area contributed by atoms with Gasteiger partial charge in [0.2, 0.25) is 0 Å². The number of hydrogen-bond donors (Lipinski definition) is 0. The Labute approximate surface area is 157 Å². The predicted octanol–water partition coefficient (Wildman–Crippen LogP) is 7.47. The molecule has 0 radical (unpaired) electrons. The van der Waals surface area contributed by atoms with Gasteiger partial charge in [-0.05, 0) is 69.6 Å². The van der Waals surface area contributed by atoms with Crippen molar-refractivity contribution in [3.05, 3.63) is 24.8 Å². The maximum absolute atomic E-state index is 5.95. The van der Waals surface area contributed by atoms with Crippen LogP contribution in [0.3, 0.4) is 0 Å². The molecule has 0 N–H and O–H groups in total. The van der Waals surface area contributed by atoms with Crippen LogP contribution in [0.5, 0.6) is 0 Å². The van der Waals surface area contributed by atoms with Gasteiger partial charge in [-0.1, -0.05) is 63.2 Å². The summed E-state index contributed by atoms with van der Waals surface area (Å²) in [5.74, 6) is 3.05. The minimum Gasteiger partial charge on any atom is -0.378 e. The Balaban J connectivity index is 1.50. The largest absolute Gasteiger partial charge is 0.378 e. The molecule has 2 saturated carbocycles. The van der Waals surface area contributed by atoms with Crippen molar-refractivity contribution in [1.82, 2.24) is 0 Å². The van der Waals surface area contributed by atoms with Gasteiger partial charge in [-0.3, -0.25) is 0 Å². The summed E-state index contributed by atoms with van der Waals surface area (Å²) < 4.78 is 5.95. The molecule has 0 spiro atoms. The van der Waals surface area contributed by atoms with E-state index in [0.29, 0.717) is 6.10 Å². The summed E-state index contributed by atoms with van der Waals surface area (Å²) in [6.07, 6.45) is 26.6. The average molecular weight is 347 g/mol. The van der Waals surface area contributed by atoms with Gasteiger partial charge in [0.05, 0.1) is 12.7 Å². The first-order valence-electron chi connectivity index (χ1n) is 11.2. The molecule has 2 rings (SSSR count). The van der Waals surface area contributed by atoms with Gasteiger partial charge >= 0.3 is 0 Å². The molecule has 0 bridgehead atoms. The molecule has 0 heterocycles. The molecule has 0 aliphatic heterocycles. The van der Waals surface area contributed by atoms with Crippen LogP contribution in [0.2, 0.25) is 0 Å². The van der Waals surface area contributed by atoms with Gasteiger partial charge in [-0.25, -0.2) is 0 Å². The third-order valence-corrected chi connectivity index (χ3v) is 6.64. The first kappa shape index (κ1) is 20.7. The summed E-state index contributed by atoms with van der Waals surface area (Å²) in [5.41, 5.74) is 0. The standard InChI is InChI=1S/C24H42O/c1-3-5-7-8-9-21-10-12-22(13-11-21)14-15-23-16-18-24(19-17-23)25-20-6-4-2/h3-5,21-24H,2,6-20H2,1H3/b5-3-. The van der Waals surface area contributed by atoms with E-state index >= 15 is 0 Å². The van der Waals surface area contributed by atoms with E-state index < -0.39 is 0 Å². The molecule has 2 fully saturated rings. The third kappa shape index (κ3) is 8.58. The van der Waals surface area contributed by atoms with Crippen molar-refractivity contribution < 1.29 is 4.74 Å². The van der Waals surface area contributed by atoms with Crippen molar-refractivity contribution in [1.29, 1.82) is 0 Å². The molecule has 0 aromatic heterocycles. The molecule has 1 heteroatoms. The molecule has 0 unspecified atom stereocenters. The van der Waals surface area contributed by atoms with Gasteiger partial charge in [0.1, 0.15) is 0 Å². The molecule has 0 atom stereocenters. The minimum absolute atomic E-state index is 0.536. The summed E-state index contributed by atoms with van der Waals surface area (Å²) in [7, 11) is 0. The van der Waals surface area contributed by atoms with E-state index in [1.54, 1.807) is 0 Å². The van der Waals surface area contributed by atoms with Gasteiger partial charge in [0, 0.05) is 0 Å². The number of rotatable bonds is 11. The van der Waals surface area contributed by atoms with Crippen LogP contribution in [-0.4, -0.2) is 12.7 Å². The molecule has 144 valence electrons. The Morgan fingerprint density at radius 2 is 1.36 bits per heavy atom. The molecule has 25 heavy (non-hydrogen) atoms. The Morgan fingerprint density at radius 3 is 1.92 bits per heavy atom. The van der Waals surface area contributed by atoms with Gasteiger partial charge in [-0.2, -0.15) is 0 Å². The fraction of sp³-hybridized carbons (Fsp3) is 0.833. The van der Waals surface area contributed by atoms with Crippen LogP contribution in [0, 0.1) is 17.8 Å². The van der Waals surface area contributed by atoms with Crippen molar-refractivity contribution in [2.75, 3.05) is 6.61 Å². The highest BCUT2D eigenvalue weighted by molar-refractivity contribution is 4.79. The lowest BCUT2D eigenvalue weighted by molar-refractivity contribution is 0.0189. The second-order valence-electron chi connectivity index (χ2n) is 8.55. The molecule has 0 aromatic carbocycles. The number of ether oxygens (including phenoxy) is 1. The predicted molar refractivity (Wildman–Crippen MR) is 110 cm³/mol. The summed E-state index contributed by atoms with van der Waals surface area (Å²) in [6.45, 7) is 6.77. The van der Waals surface area contributed by atoms with Crippen molar-refractivity contribution >= 4 is 0 Å². The quantitative estimate of drug-likeness (QED) is 0.278. The SMILES string of the molecule is C=CCCOC1CCC(CCC2CCC(CCC/C=C\C)CC2)CC1. The Morgan fingerprint density at radius 1 is 0.800 bits per heavy atom. The topological polar surface area (TPSA) is 9.23 Å². The summed E-state index contributed by atoms with van der Waals surface area (Å²) in [5, 5.41) is 0. The van der Waals surface area contributed by atoms with Crippen LogP contribution in [0.4, 0.5) is 0 Å². The smallest absolute Gasteiger partial charge is 0.0575 e. The van der Waals surface area contributed by atoms with Gasteiger partial charge in [0.15, 0.2) is 0 Å². The third-order valence-electron chi connectivity index (χ3n) is 6.64. The maximum atomic E-state index is 5.95. The molecule has 0 amide bonds. The molecule has 1 nitrogen and oxygen atoms in total. The summed E-state index contributed by atoms with van der Waals surface area (Å²) >= 11 is 0. The lowest BCUT2D eigenvalue weighted by Gasteiger charge is -2.32. The first-order chi connectivity index (χ1) is 12.3. The second kappa shape index (κ2) is 12.7. The van der Waals surface area contributed by atoms with Gasteiger partial charge < -0.3 is 4.74 Å². The van der Waals surface area contributed by atoms with E-state index in [-0.39, 0.29) is 0 Å². The molecule has 0 aromatic rings. The normalized spacial score (nSPS) is 30.6. The lowest BCUT2D eigenvalue weighted by atomic mass is 9.76. The van der Waals surface area contributed by atoms with Crippen LogP contribution in [0.15, 0.2) is 24.8 Å². The lowest BCUT2D eigenvalue weighted by Crippen LogP contribution is -2.23. The van der Waals surface area contributed by atoms with Crippen molar-refractivity contribution in [3.63, 3.8) is 0 Å². The van der Waals surface area contributed by atoms with Crippen molar-refractivity contribution in [2.24, 2.45) is 17.8 Å². The number of allylic oxidation sites excluding steroid dienone is 2. The van der Waals surface area contributed by atoms with Crippen LogP contribution in [0.25, 0.3) is 0 Å². The van der Waals surface area contributed by atoms with Crippen LogP contribution < -0.4 is 0 Å². The number of unbranched alkanes of at least 4 members (excludes halogenated alkanes) is 1. The molecular formula is C24H42O. The van der Waals surface area contributed by atoms with E-state index in [4.69, 9.17) is 4.74 Å². The van der Waals surface area contributed by atoms with E-state index in [1.807, 2.05) is 6.08 Å². The van der Waals surface area contributed by atoms with E-state index in [0.717, 1.165) is 30.8 Å². The average Bonchev–Trinajstić information content (AvgIpc) is 2.66. The zero-order chi connectivity index (χ0) is 17.7. The summed E-state index contributed by atoms with van der Waals surface area (Å²) in [4.78, 5) is 0. The zero-order valence-corrected chi connectivity index (χ0v) is 16.8. The molecular weight excluding hydrogens is 304 g/mol. The number of hydrogen-bond acceptors (Lipinski definition) is 1. The first-order valence-corrected chi connectivity index (χ1v) is 11.2. The zero-order valence-electron chi connectivity index (χ0n) is 16.8. The van der Waals surface area contributed by atoms with Crippen molar-refractivity contribution in [3.8, 4) is 0 Å². The fourth-order valence-corrected chi connectivity index (χ4v) is 4.88. The van der Waals surface area contributed by atoms with E-state index in [2.05, 4.69) is 25.7 Å². The van der Waals surface area contributed by atoms with Crippen LogP contribution in [0.1, 0.15) is 96.8 Å².